The molecule has 3 atom stereocenters. The van der Waals surface area contributed by atoms with Crippen LogP contribution in [-0.4, -0.2) is 65.3 Å². The first-order chi connectivity index (χ1) is 19.5. The third kappa shape index (κ3) is 6.45. The number of hydrogen-bond donors (Lipinski definition) is 3. The number of rotatable bonds is 9. The Morgan fingerprint density at radius 2 is 1.90 bits per heavy atom. The number of H-pyrrole nitrogens is 1. The molecule has 2 fully saturated rings. The van der Waals surface area contributed by atoms with Crippen molar-refractivity contribution >= 4 is 22.8 Å². The minimum Gasteiger partial charge on any atom is -0.493 e. The molecular weight excluding hydrogens is 546 g/mol. The van der Waals surface area contributed by atoms with Gasteiger partial charge in [-0.2, -0.15) is 13.2 Å². The van der Waals surface area contributed by atoms with E-state index in [1.54, 1.807) is 6.92 Å². The van der Waals surface area contributed by atoms with E-state index in [1.807, 2.05) is 0 Å². The van der Waals surface area contributed by atoms with Gasteiger partial charge in [0, 0.05) is 30.8 Å². The maximum atomic E-state index is 15.0. The smallest absolute Gasteiger partial charge is 0.416 e. The van der Waals surface area contributed by atoms with Gasteiger partial charge >= 0.3 is 6.18 Å². The number of amides is 2. The van der Waals surface area contributed by atoms with Gasteiger partial charge in [0.05, 0.1) is 29.3 Å². The number of ether oxygens (including phenoxy) is 2. The Morgan fingerprint density at radius 1 is 1.12 bits per heavy atom. The second-order valence-corrected chi connectivity index (χ2v) is 10.6. The van der Waals surface area contributed by atoms with Crippen LogP contribution in [0.1, 0.15) is 53.7 Å². The van der Waals surface area contributed by atoms with Crippen molar-refractivity contribution in [2.45, 2.75) is 63.5 Å². The number of carbonyl (C=O) groups is 2. The topological polar surface area (TPSA) is 118 Å². The Morgan fingerprint density at radius 3 is 2.59 bits per heavy atom. The second-order valence-electron chi connectivity index (χ2n) is 10.6. The lowest BCUT2D eigenvalue weighted by molar-refractivity contribution is -0.137. The van der Waals surface area contributed by atoms with Crippen LogP contribution in [0.5, 0.6) is 5.75 Å². The lowest BCUT2D eigenvalue weighted by Gasteiger charge is -2.32. The quantitative estimate of drug-likeness (QED) is 0.323. The van der Waals surface area contributed by atoms with Crippen LogP contribution in [-0.2, 0) is 15.7 Å². The van der Waals surface area contributed by atoms with Crippen molar-refractivity contribution < 1.29 is 36.6 Å². The molecule has 0 radical (unpaired) electrons. The van der Waals surface area contributed by atoms with E-state index in [-0.39, 0.29) is 58.6 Å². The standard InChI is InChI=1S/C28H31F4N5O4/c1-14-23(27(39)37-20-7-6-17(10-19(20)29)36-22(38)12-40-2)25-26(35-14)24(33-13-34-25)18-9-16(28(30,31)32)5-8-21(18)41-11-15-3-4-15/h5,8-9,13,15,17,19-20,35H,3-4,6-7,10-12H2,1-2H3,(H,36,38)(H,37,39). The third-order valence-electron chi connectivity index (χ3n) is 7.46. The Kier molecular flexibility index (Phi) is 8.16. The van der Waals surface area contributed by atoms with Crippen LogP contribution in [0.25, 0.3) is 22.3 Å². The number of nitrogens with zero attached hydrogens (tertiary/aromatic N) is 2. The number of alkyl halides is 4. The molecule has 2 saturated carbocycles. The van der Waals surface area contributed by atoms with E-state index < -0.39 is 29.9 Å². The summed E-state index contributed by atoms with van der Waals surface area (Å²) in [7, 11) is 1.39. The molecule has 9 nitrogen and oxygen atoms in total. The van der Waals surface area contributed by atoms with Gasteiger partial charge in [-0.15, -0.1) is 0 Å². The van der Waals surface area contributed by atoms with Gasteiger partial charge in [-0.25, -0.2) is 14.4 Å². The molecule has 13 heteroatoms. The van der Waals surface area contributed by atoms with Gasteiger partial charge in [0.2, 0.25) is 5.91 Å². The average molecular weight is 578 g/mol. The van der Waals surface area contributed by atoms with E-state index in [4.69, 9.17) is 9.47 Å². The number of fused-ring (bicyclic) bond motifs is 1. The van der Waals surface area contributed by atoms with Crippen LogP contribution in [0.15, 0.2) is 24.5 Å². The van der Waals surface area contributed by atoms with Gasteiger partial charge < -0.3 is 25.1 Å². The molecule has 2 heterocycles. The van der Waals surface area contributed by atoms with Crippen LogP contribution in [0.4, 0.5) is 17.6 Å². The van der Waals surface area contributed by atoms with Crippen LogP contribution in [0, 0.1) is 12.8 Å². The van der Waals surface area contributed by atoms with E-state index in [9.17, 15) is 22.8 Å². The summed E-state index contributed by atoms with van der Waals surface area (Å²) in [5, 5.41) is 5.46. The Balaban J connectivity index is 1.41. The molecule has 3 unspecified atom stereocenters. The van der Waals surface area contributed by atoms with Gasteiger partial charge in [0.25, 0.3) is 5.91 Å². The molecule has 0 spiro atoms. The number of aromatic nitrogens is 3. The summed E-state index contributed by atoms with van der Waals surface area (Å²) in [4.78, 5) is 36.7. The number of halogens is 4. The van der Waals surface area contributed by atoms with E-state index in [2.05, 4.69) is 25.6 Å². The fourth-order valence-corrected chi connectivity index (χ4v) is 5.16. The zero-order valence-electron chi connectivity index (χ0n) is 22.6. The minimum atomic E-state index is -4.58. The maximum absolute atomic E-state index is 15.0. The van der Waals surface area contributed by atoms with Gasteiger partial charge in [0.1, 0.15) is 36.1 Å². The highest BCUT2D eigenvalue weighted by atomic mass is 19.4. The Bertz CT molecular complexity index is 1440. The number of carbonyl (C=O) groups excluding carboxylic acids is 2. The monoisotopic (exact) mass is 577 g/mol. The molecule has 2 amide bonds. The highest BCUT2D eigenvalue weighted by Gasteiger charge is 2.35. The zero-order chi connectivity index (χ0) is 29.3. The molecule has 2 aromatic heterocycles. The van der Waals surface area contributed by atoms with Crippen molar-refractivity contribution in [3.8, 4) is 17.0 Å². The van der Waals surface area contributed by atoms with E-state index >= 15 is 4.39 Å². The SMILES string of the molecule is COCC(=O)NC1CCC(NC(=O)c2c(C)[nH]c3c(-c4cc(C(F)(F)F)ccc4OCC4CC4)ncnc23)C(F)C1. The van der Waals surface area contributed by atoms with Crippen molar-refractivity contribution in [1.29, 1.82) is 0 Å². The fraction of sp³-hybridized carbons (Fsp3) is 0.500. The van der Waals surface area contributed by atoms with E-state index in [0.717, 1.165) is 25.0 Å². The summed E-state index contributed by atoms with van der Waals surface area (Å²) in [6.07, 6.45) is -1.97. The average Bonchev–Trinajstić information content (AvgIpc) is 3.68. The molecule has 3 N–H and O–H groups in total. The first kappa shape index (κ1) is 28.8. The molecule has 3 aromatic rings. The van der Waals surface area contributed by atoms with Crippen molar-refractivity contribution in [3.05, 3.63) is 41.3 Å². The van der Waals surface area contributed by atoms with Gasteiger partial charge in [0.15, 0.2) is 0 Å². The van der Waals surface area contributed by atoms with Crippen LogP contribution in [0.2, 0.25) is 0 Å². The normalized spacial score (nSPS) is 21.1. The summed E-state index contributed by atoms with van der Waals surface area (Å²) in [5.74, 6) is -0.284. The maximum Gasteiger partial charge on any atom is 0.416 e. The van der Waals surface area contributed by atoms with Crippen LogP contribution < -0.4 is 15.4 Å². The third-order valence-corrected chi connectivity index (χ3v) is 7.46. The first-order valence-electron chi connectivity index (χ1n) is 13.5. The number of methoxy groups -OCH3 is 1. The predicted molar refractivity (Wildman–Crippen MR) is 141 cm³/mol. The lowest BCUT2D eigenvalue weighted by atomic mass is 9.89. The lowest BCUT2D eigenvalue weighted by Crippen LogP contribution is -2.50. The molecule has 0 aliphatic heterocycles. The second kappa shape index (κ2) is 11.6. The van der Waals surface area contributed by atoms with Crippen LogP contribution >= 0.6 is 0 Å². The number of nitrogens with one attached hydrogen (secondary N) is 3. The summed E-state index contributed by atoms with van der Waals surface area (Å²) in [5.41, 5.74) is 0.450. The highest BCUT2D eigenvalue weighted by Crippen LogP contribution is 2.40. The number of hydrogen-bond acceptors (Lipinski definition) is 6. The fourth-order valence-electron chi connectivity index (χ4n) is 5.16. The number of benzene rings is 1. The van der Waals surface area contributed by atoms with Crippen molar-refractivity contribution in [3.63, 3.8) is 0 Å². The first-order valence-corrected chi connectivity index (χ1v) is 13.5. The summed E-state index contributed by atoms with van der Waals surface area (Å²) < 4.78 is 66.5. The Hall–Kier alpha value is -3.74. The molecule has 2 aliphatic carbocycles. The highest BCUT2D eigenvalue weighted by molar-refractivity contribution is 6.09. The Labute approximate surface area is 233 Å². The summed E-state index contributed by atoms with van der Waals surface area (Å²) in [6.45, 7) is 1.89. The predicted octanol–water partition coefficient (Wildman–Crippen LogP) is 4.49. The van der Waals surface area contributed by atoms with Crippen molar-refractivity contribution in [2.75, 3.05) is 20.3 Å². The molecule has 2 aliphatic rings. The summed E-state index contributed by atoms with van der Waals surface area (Å²) in [6, 6.07) is 2.09. The summed E-state index contributed by atoms with van der Waals surface area (Å²) >= 11 is 0. The molecule has 41 heavy (non-hydrogen) atoms. The van der Waals surface area contributed by atoms with Gasteiger partial charge in [-0.05, 0) is 56.7 Å². The molecule has 220 valence electrons. The molecule has 0 saturated heterocycles. The van der Waals surface area contributed by atoms with Crippen molar-refractivity contribution in [2.24, 2.45) is 5.92 Å². The largest absolute Gasteiger partial charge is 0.493 e. The van der Waals surface area contributed by atoms with Crippen molar-refractivity contribution in [1.82, 2.24) is 25.6 Å². The van der Waals surface area contributed by atoms with Gasteiger partial charge in [-0.3, -0.25) is 9.59 Å². The van der Waals surface area contributed by atoms with E-state index in [1.165, 1.54) is 19.5 Å². The minimum absolute atomic E-state index is 0.0404. The molecule has 0 bridgehead atoms. The zero-order valence-corrected chi connectivity index (χ0v) is 22.6. The van der Waals surface area contributed by atoms with Gasteiger partial charge in [-0.1, -0.05) is 0 Å². The molecule has 5 rings (SSSR count). The van der Waals surface area contributed by atoms with Crippen LogP contribution in [0.3, 0.4) is 0 Å². The number of aromatic amines is 1. The number of aryl methyl sites for hydroxylation is 1. The molecular formula is C28H31F4N5O4. The van der Waals surface area contributed by atoms with E-state index in [0.29, 0.717) is 31.1 Å². The molecule has 1 aromatic carbocycles.